The van der Waals surface area contributed by atoms with E-state index in [1.54, 1.807) is 0 Å². The Hall–Kier alpha value is 0.310. The first-order valence-electron chi connectivity index (χ1n) is 1.50. The first-order valence-corrected chi connectivity index (χ1v) is 1.50. The van der Waals surface area contributed by atoms with Gasteiger partial charge in [-0.2, -0.15) is 0 Å². The maximum Gasteiger partial charge on any atom is 0.0661 e. The zero-order valence-corrected chi connectivity index (χ0v) is 7.39. The first-order chi connectivity index (χ1) is 1.73. The van der Waals surface area contributed by atoms with Crippen molar-refractivity contribution >= 4 is 9.90 Å². The summed E-state index contributed by atoms with van der Waals surface area (Å²) in [6.07, 6.45) is 0. The minimum absolute atomic E-state index is 0. The van der Waals surface area contributed by atoms with Crippen LogP contribution < -0.4 is 4.90 Å². The largest absolute Gasteiger partial charge is 0.870 e. The standard InChI is InChI=1S/C3H9N.2H2O.H3P/c1-4(2)3;;;/h1-3H3;2*1H2;1H3. The van der Waals surface area contributed by atoms with Crippen LogP contribution in [0.4, 0.5) is 0 Å². The van der Waals surface area contributed by atoms with E-state index in [4.69, 9.17) is 0 Å². The number of hydrogen-bond donors (Lipinski definition) is 1. The fourth-order valence-electron chi connectivity index (χ4n) is 0. The second-order valence-electron chi connectivity index (χ2n) is 1.50. The van der Waals surface area contributed by atoms with Crippen LogP contribution in [0.15, 0.2) is 0 Å². The number of nitrogens with one attached hydrogen (secondary N) is 1. The van der Waals surface area contributed by atoms with Crippen LogP contribution in [0.2, 0.25) is 0 Å². The number of quaternary nitrogens is 1. The van der Waals surface area contributed by atoms with E-state index in [0.717, 1.165) is 0 Å². The highest BCUT2D eigenvalue weighted by Crippen LogP contribution is 0.865. The van der Waals surface area contributed by atoms with Gasteiger partial charge >= 0.3 is 0 Å². The molecule has 4 heteroatoms. The molecular formula is C3H16NO2P. The van der Waals surface area contributed by atoms with Gasteiger partial charge in [0.2, 0.25) is 0 Å². The summed E-state index contributed by atoms with van der Waals surface area (Å²) < 4.78 is 0. The van der Waals surface area contributed by atoms with E-state index in [1.807, 2.05) is 0 Å². The van der Waals surface area contributed by atoms with E-state index in [2.05, 4.69) is 21.1 Å². The monoisotopic (exact) mass is 129 g/mol. The van der Waals surface area contributed by atoms with Crippen molar-refractivity contribution in [3.8, 4) is 0 Å². The minimum atomic E-state index is 0. The van der Waals surface area contributed by atoms with Gasteiger partial charge in [0, 0.05) is 0 Å². The molecule has 0 aromatic carbocycles. The van der Waals surface area contributed by atoms with Gasteiger partial charge in [0.15, 0.2) is 0 Å². The van der Waals surface area contributed by atoms with Gasteiger partial charge in [-0.1, -0.05) is 0 Å². The zero-order chi connectivity index (χ0) is 3.58. The van der Waals surface area contributed by atoms with Crippen LogP contribution in [0.5, 0.6) is 0 Å². The molecule has 3 nitrogen and oxygen atoms in total. The van der Waals surface area contributed by atoms with Crippen molar-refractivity contribution in [1.82, 2.24) is 0 Å². The number of rotatable bonds is 0. The van der Waals surface area contributed by atoms with Gasteiger partial charge in [0.1, 0.15) is 0 Å². The van der Waals surface area contributed by atoms with Crippen LogP contribution in [0.25, 0.3) is 0 Å². The van der Waals surface area contributed by atoms with E-state index < -0.39 is 0 Å². The highest BCUT2D eigenvalue weighted by Gasteiger charge is 1.61. The maximum atomic E-state index is 2.08. The topological polar surface area (TPSA) is 64.4 Å². The lowest BCUT2D eigenvalue weighted by Crippen LogP contribution is -3.02. The molecule has 0 saturated heterocycles. The van der Waals surface area contributed by atoms with Gasteiger partial charge in [-0.05, 0) is 9.90 Å². The summed E-state index contributed by atoms with van der Waals surface area (Å²) >= 11 is 0. The van der Waals surface area contributed by atoms with Crippen molar-refractivity contribution in [2.45, 2.75) is 0 Å². The van der Waals surface area contributed by atoms with Gasteiger partial charge in [-0.3, -0.25) is 0 Å². The normalized spacial score (nSPS) is 5.14. The van der Waals surface area contributed by atoms with Crippen molar-refractivity contribution in [3.05, 3.63) is 0 Å². The summed E-state index contributed by atoms with van der Waals surface area (Å²) in [5.41, 5.74) is 0. The molecular weight excluding hydrogens is 113 g/mol. The summed E-state index contributed by atoms with van der Waals surface area (Å²) in [4.78, 5) is 1.42. The minimum Gasteiger partial charge on any atom is -0.870 e. The summed E-state index contributed by atoms with van der Waals surface area (Å²) in [6.45, 7) is 0. The van der Waals surface area contributed by atoms with Crippen LogP contribution >= 0.6 is 9.90 Å². The average Bonchev–Trinajstić information content (AvgIpc) is 0.811. The fraction of sp³-hybridized carbons (Fsp3) is 1.00. The van der Waals surface area contributed by atoms with Crippen LogP contribution in [-0.2, 0) is 0 Å². The van der Waals surface area contributed by atoms with Crippen molar-refractivity contribution in [2.75, 3.05) is 21.1 Å². The van der Waals surface area contributed by atoms with Gasteiger partial charge in [0.05, 0.1) is 21.1 Å². The van der Waals surface area contributed by atoms with E-state index >= 15 is 0 Å². The molecule has 0 aliphatic carbocycles. The van der Waals surface area contributed by atoms with E-state index in [0.29, 0.717) is 0 Å². The predicted octanol–water partition coefficient (Wildman–Crippen LogP) is -1.80. The Labute approximate surface area is 47.9 Å². The zero-order valence-electron chi connectivity index (χ0n) is 5.39. The predicted molar refractivity (Wildman–Crippen MR) is 35.1 cm³/mol. The second-order valence-corrected chi connectivity index (χ2v) is 1.50. The summed E-state index contributed by atoms with van der Waals surface area (Å²) in [5.74, 6) is 0. The molecule has 0 saturated carbocycles. The van der Waals surface area contributed by atoms with E-state index in [-0.39, 0.29) is 20.9 Å². The van der Waals surface area contributed by atoms with Gasteiger partial charge in [-0.15, -0.1) is 0 Å². The molecule has 0 aliphatic rings. The highest BCUT2D eigenvalue weighted by atomic mass is 31.0. The van der Waals surface area contributed by atoms with Crippen molar-refractivity contribution in [1.29, 1.82) is 0 Å². The Kier molecular flexibility index (Phi) is 61.6. The molecule has 0 rings (SSSR count). The lowest BCUT2D eigenvalue weighted by Gasteiger charge is -1.88. The lowest BCUT2D eigenvalue weighted by molar-refractivity contribution is -0.836. The van der Waals surface area contributed by atoms with E-state index in [9.17, 15) is 0 Å². The van der Waals surface area contributed by atoms with Crippen molar-refractivity contribution in [2.24, 2.45) is 0 Å². The summed E-state index contributed by atoms with van der Waals surface area (Å²) in [7, 11) is 6.25. The van der Waals surface area contributed by atoms with Gasteiger partial charge < -0.3 is 15.9 Å². The van der Waals surface area contributed by atoms with Crippen LogP contribution in [0, 0.1) is 0 Å². The fourth-order valence-corrected chi connectivity index (χ4v) is 0. The molecule has 7 heavy (non-hydrogen) atoms. The molecule has 50 valence electrons. The molecule has 1 unspecified atom stereocenters. The second kappa shape index (κ2) is 16.2. The van der Waals surface area contributed by atoms with Gasteiger partial charge in [0.25, 0.3) is 0 Å². The first kappa shape index (κ1) is 26.6. The Morgan fingerprint density at radius 1 is 0.857 bits per heavy atom. The molecule has 0 heterocycles. The molecule has 0 aromatic rings. The third-order valence-corrected chi connectivity index (χ3v) is 0. The van der Waals surface area contributed by atoms with Crippen LogP contribution in [-0.4, -0.2) is 32.1 Å². The molecule has 0 radical (unpaired) electrons. The molecule has 0 spiro atoms. The third kappa shape index (κ3) is 1220. The van der Waals surface area contributed by atoms with E-state index in [1.165, 1.54) is 4.90 Å². The molecule has 3 N–H and O–H groups in total. The Morgan fingerprint density at radius 3 is 0.857 bits per heavy atom. The quantitative estimate of drug-likeness (QED) is 0.392. The van der Waals surface area contributed by atoms with Crippen molar-refractivity contribution < 1.29 is 15.9 Å². The summed E-state index contributed by atoms with van der Waals surface area (Å²) in [6, 6.07) is 0. The van der Waals surface area contributed by atoms with Gasteiger partial charge in [-0.25, -0.2) is 0 Å². The molecule has 0 aliphatic heterocycles. The van der Waals surface area contributed by atoms with Crippen molar-refractivity contribution in [3.63, 3.8) is 0 Å². The molecule has 0 fully saturated rings. The Bertz CT molecular complexity index is 17.7. The molecule has 0 aromatic heterocycles. The summed E-state index contributed by atoms with van der Waals surface area (Å²) in [5, 5.41) is 0. The Balaban J connectivity index is -0.0000000150. The molecule has 0 bridgehead atoms. The maximum absolute atomic E-state index is 2.08. The average molecular weight is 129 g/mol. The van der Waals surface area contributed by atoms with Crippen LogP contribution in [0.3, 0.4) is 0 Å². The highest BCUT2D eigenvalue weighted by molar-refractivity contribution is 6.92. The molecule has 0 amide bonds. The lowest BCUT2D eigenvalue weighted by atomic mass is 11.0. The third-order valence-electron chi connectivity index (χ3n) is 0. The smallest absolute Gasteiger partial charge is 0.0661 e. The number of hydrogen-bond acceptors (Lipinski definition) is 2. The van der Waals surface area contributed by atoms with Crippen LogP contribution in [0.1, 0.15) is 0 Å². The molecule has 1 atom stereocenters. The Morgan fingerprint density at radius 2 is 0.857 bits per heavy atom. The SMILES string of the molecule is C[NH+](C)C.[OH-].[OH-].[PH4+].